The third-order valence-corrected chi connectivity index (χ3v) is 5.42. The molecule has 27 heavy (non-hydrogen) atoms. The van der Waals surface area contributed by atoms with Gasteiger partial charge in [0, 0.05) is 46.3 Å². The number of amides is 1. The molecule has 2 aliphatic heterocycles. The quantitative estimate of drug-likeness (QED) is 0.632. The van der Waals surface area contributed by atoms with Gasteiger partial charge < -0.3 is 19.9 Å². The zero-order valence-corrected chi connectivity index (χ0v) is 16.6. The third kappa shape index (κ3) is 5.70. The van der Waals surface area contributed by atoms with Gasteiger partial charge in [0.1, 0.15) is 6.54 Å². The van der Waals surface area contributed by atoms with Crippen LogP contribution in [0.25, 0.3) is 0 Å². The number of nitrogens with one attached hydrogen (secondary N) is 1. The van der Waals surface area contributed by atoms with Gasteiger partial charge >= 0.3 is 0 Å². The number of nitrogens with zero attached hydrogens (tertiary/aromatic N) is 3. The Bertz CT molecular complexity index is 632. The molecular weight excluding hydrogens is 340 g/mol. The number of fused-ring (bicyclic) bond motifs is 1. The number of ether oxygens (including phenoxy) is 1. The van der Waals surface area contributed by atoms with Crippen LogP contribution < -0.4 is 5.32 Å². The van der Waals surface area contributed by atoms with Gasteiger partial charge in [-0.3, -0.25) is 4.79 Å². The van der Waals surface area contributed by atoms with E-state index in [9.17, 15) is 4.79 Å². The molecule has 0 aromatic heterocycles. The number of hydrogen-bond acceptors (Lipinski definition) is 3. The predicted octanol–water partition coefficient (Wildman–Crippen LogP) is 1.76. The Balaban J connectivity index is 1.61. The number of hydrogen-bond donors (Lipinski definition) is 1. The molecule has 2 atom stereocenters. The summed E-state index contributed by atoms with van der Waals surface area (Å²) in [6, 6.07) is 10.4. The summed E-state index contributed by atoms with van der Waals surface area (Å²) in [5.41, 5.74) is 1.30. The van der Waals surface area contributed by atoms with Crippen LogP contribution in [0.3, 0.4) is 0 Å². The minimum Gasteiger partial charge on any atom is -0.378 e. The lowest BCUT2D eigenvalue weighted by molar-refractivity contribution is -0.127. The molecule has 1 N–H and O–H groups in total. The van der Waals surface area contributed by atoms with Crippen LogP contribution in [-0.2, 0) is 16.0 Å². The highest BCUT2D eigenvalue weighted by molar-refractivity contribution is 5.85. The Labute approximate surface area is 162 Å². The van der Waals surface area contributed by atoms with Crippen LogP contribution in [0.4, 0.5) is 0 Å². The minimum absolute atomic E-state index is 0.0215. The first-order valence-corrected chi connectivity index (χ1v) is 10.0. The summed E-state index contributed by atoms with van der Waals surface area (Å²) in [6.07, 6.45) is 4.72. The lowest BCUT2D eigenvalue weighted by Gasteiger charge is -2.42. The van der Waals surface area contributed by atoms with Crippen LogP contribution in [0, 0.1) is 5.92 Å². The first-order chi connectivity index (χ1) is 13.1. The fourth-order valence-electron chi connectivity index (χ4n) is 3.79. The Kier molecular flexibility index (Phi) is 7.10. The van der Waals surface area contributed by atoms with Gasteiger partial charge in [-0.25, -0.2) is 4.99 Å². The Morgan fingerprint density at radius 3 is 2.89 bits per heavy atom. The molecule has 2 fully saturated rings. The third-order valence-electron chi connectivity index (χ3n) is 5.42. The largest absolute Gasteiger partial charge is 0.378 e. The molecule has 0 bridgehead atoms. The fourth-order valence-corrected chi connectivity index (χ4v) is 3.79. The number of piperidine rings is 1. The van der Waals surface area contributed by atoms with E-state index in [4.69, 9.17) is 4.74 Å². The standard InChI is InChI=1S/C21H32N4O2/c1-24(2)20(26)15-23-21(22-12-10-17-7-4-3-5-8-17)25-13-11-19-18(16-25)9-6-14-27-19/h3-5,7-8,18-19H,6,9-16H2,1-2H3,(H,22,23). The van der Waals surface area contributed by atoms with Gasteiger partial charge in [0.25, 0.3) is 0 Å². The van der Waals surface area contributed by atoms with Gasteiger partial charge in [-0.1, -0.05) is 30.3 Å². The Hall–Kier alpha value is -2.08. The van der Waals surface area contributed by atoms with Crippen molar-refractivity contribution in [2.45, 2.75) is 31.8 Å². The number of carbonyl (C=O) groups excluding carboxylic acids is 1. The van der Waals surface area contributed by atoms with Crippen molar-refractivity contribution in [1.82, 2.24) is 15.1 Å². The Morgan fingerprint density at radius 2 is 2.11 bits per heavy atom. The van der Waals surface area contributed by atoms with Crippen molar-refractivity contribution in [3.8, 4) is 0 Å². The average Bonchev–Trinajstić information content (AvgIpc) is 2.70. The van der Waals surface area contributed by atoms with Crippen molar-refractivity contribution in [2.75, 3.05) is 46.9 Å². The first-order valence-electron chi connectivity index (χ1n) is 10.0. The molecule has 0 aliphatic carbocycles. The second-order valence-electron chi connectivity index (χ2n) is 7.64. The summed E-state index contributed by atoms with van der Waals surface area (Å²) in [7, 11) is 3.54. The number of guanidine groups is 1. The summed E-state index contributed by atoms with van der Waals surface area (Å²) in [6.45, 7) is 3.77. The van der Waals surface area contributed by atoms with Crippen molar-refractivity contribution in [3.63, 3.8) is 0 Å². The maximum absolute atomic E-state index is 12.0. The molecule has 2 aliphatic rings. The Morgan fingerprint density at radius 1 is 1.30 bits per heavy atom. The molecule has 0 spiro atoms. The van der Waals surface area contributed by atoms with Gasteiger partial charge in [-0.05, 0) is 31.2 Å². The van der Waals surface area contributed by atoms with E-state index >= 15 is 0 Å². The van der Waals surface area contributed by atoms with E-state index in [1.54, 1.807) is 19.0 Å². The molecule has 2 unspecified atom stereocenters. The van der Waals surface area contributed by atoms with Gasteiger partial charge in [-0.15, -0.1) is 0 Å². The average molecular weight is 373 g/mol. The molecular formula is C21H32N4O2. The number of benzene rings is 1. The maximum Gasteiger partial charge on any atom is 0.243 e. The number of likely N-dealkylation sites (N-methyl/N-ethyl adjacent to an activating group) is 1. The molecule has 3 rings (SSSR count). The SMILES string of the molecule is CN(C)C(=O)CN=C(NCCc1ccccc1)N1CCC2OCCCC2C1. The first kappa shape index (κ1) is 19.7. The van der Waals surface area contributed by atoms with Crippen molar-refractivity contribution >= 4 is 11.9 Å². The smallest absolute Gasteiger partial charge is 0.243 e. The van der Waals surface area contributed by atoms with E-state index in [0.29, 0.717) is 12.0 Å². The predicted molar refractivity (Wildman–Crippen MR) is 108 cm³/mol. The van der Waals surface area contributed by atoms with E-state index in [-0.39, 0.29) is 12.5 Å². The van der Waals surface area contributed by atoms with Crippen molar-refractivity contribution < 1.29 is 9.53 Å². The van der Waals surface area contributed by atoms with E-state index < -0.39 is 0 Å². The molecule has 2 heterocycles. The molecule has 2 saturated heterocycles. The van der Waals surface area contributed by atoms with Crippen LogP contribution in [0.15, 0.2) is 35.3 Å². The number of aliphatic imine (C=N–C) groups is 1. The second kappa shape index (κ2) is 9.74. The molecule has 6 heteroatoms. The van der Waals surface area contributed by atoms with E-state index in [0.717, 1.165) is 51.5 Å². The number of carbonyl (C=O) groups is 1. The van der Waals surface area contributed by atoms with Gasteiger partial charge in [0.05, 0.1) is 6.10 Å². The summed E-state index contributed by atoms with van der Waals surface area (Å²) < 4.78 is 5.93. The number of likely N-dealkylation sites (tertiary alicyclic amines) is 1. The minimum atomic E-state index is 0.0215. The highest BCUT2D eigenvalue weighted by Crippen LogP contribution is 2.28. The van der Waals surface area contributed by atoms with E-state index in [1.165, 1.54) is 12.0 Å². The van der Waals surface area contributed by atoms with Gasteiger partial charge in [0.2, 0.25) is 5.91 Å². The summed E-state index contributed by atoms with van der Waals surface area (Å²) in [5.74, 6) is 1.44. The van der Waals surface area contributed by atoms with Crippen molar-refractivity contribution in [1.29, 1.82) is 0 Å². The van der Waals surface area contributed by atoms with Crippen LogP contribution in [0.5, 0.6) is 0 Å². The molecule has 0 saturated carbocycles. The van der Waals surface area contributed by atoms with Crippen LogP contribution in [-0.4, -0.2) is 74.7 Å². The molecule has 0 radical (unpaired) electrons. The van der Waals surface area contributed by atoms with Gasteiger partial charge in [0.15, 0.2) is 5.96 Å². The summed E-state index contributed by atoms with van der Waals surface area (Å²) >= 11 is 0. The fraction of sp³-hybridized carbons (Fsp3) is 0.619. The highest BCUT2D eigenvalue weighted by atomic mass is 16.5. The molecule has 148 valence electrons. The van der Waals surface area contributed by atoms with Crippen molar-refractivity contribution in [2.24, 2.45) is 10.9 Å². The second-order valence-corrected chi connectivity index (χ2v) is 7.64. The molecule has 6 nitrogen and oxygen atoms in total. The van der Waals surface area contributed by atoms with E-state index in [2.05, 4.69) is 39.5 Å². The highest BCUT2D eigenvalue weighted by Gasteiger charge is 2.33. The molecule has 1 aromatic carbocycles. The molecule has 1 aromatic rings. The molecule has 1 amide bonds. The number of rotatable bonds is 5. The zero-order chi connectivity index (χ0) is 19.1. The van der Waals surface area contributed by atoms with E-state index in [1.807, 2.05) is 6.07 Å². The lowest BCUT2D eigenvalue weighted by atomic mass is 9.88. The maximum atomic E-state index is 12.0. The lowest BCUT2D eigenvalue weighted by Crippen LogP contribution is -2.52. The van der Waals surface area contributed by atoms with Crippen molar-refractivity contribution in [3.05, 3.63) is 35.9 Å². The van der Waals surface area contributed by atoms with Gasteiger partial charge in [-0.2, -0.15) is 0 Å². The van der Waals surface area contributed by atoms with Crippen LogP contribution in [0.1, 0.15) is 24.8 Å². The normalized spacial score (nSPS) is 22.9. The summed E-state index contributed by atoms with van der Waals surface area (Å²) in [4.78, 5) is 20.5. The monoisotopic (exact) mass is 372 g/mol. The van der Waals surface area contributed by atoms with Crippen LogP contribution in [0.2, 0.25) is 0 Å². The summed E-state index contributed by atoms with van der Waals surface area (Å²) in [5, 5.41) is 3.49. The zero-order valence-electron chi connectivity index (χ0n) is 16.6. The van der Waals surface area contributed by atoms with Crippen LogP contribution >= 0.6 is 0 Å². The topological polar surface area (TPSA) is 57.2 Å².